The zero-order chi connectivity index (χ0) is 13.1. The van der Waals surface area contributed by atoms with Crippen LogP contribution in [0.4, 0.5) is 13.2 Å². The van der Waals surface area contributed by atoms with Crippen LogP contribution in [0.2, 0.25) is 0 Å². The van der Waals surface area contributed by atoms with E-state index >= 15 is 0 Å². The first-order valence-corrected chi connectivity index (χ1v) is 5.15. The molecule has 0 aliphatic carbocycles. The maximum Gasteiger partial charge on any atom is 0.188 e. The average molecular weight is 251 g/mol. The van der Waals surface area contributed by atoms with Crippen LogP contribution in [0.5, 0.6) is 0 Å². The van der Waals surface area contributed by atoms with Crippen molar-refractivity contribution in [1.82, 2.24) is 4.98 Å². The molecule has 0 aliphatic rings. The molecular formula is C13H8F3NO. The van der Waals surface area contributed by atoms with Gasteiger partial charge in [-0.3, -0.25) is 9.78 Å². The van der Waals surface area contributed by atoms with Gasteiger partial charge in [-0.1, -0.05) is 0 Å². The first kappa shape index (κ1) is 12.3. The Morgan fingerprint density at radius 2 is 1.78 bits per heavy atom. The maximum absolute atomic E-state index is 13.3. The molecule has 0 fully saturated rings. The van der Waals surface area contributed by atoms with Gasteiger partial charge in [-0.2, -0.15) is 0 Å². The van der Waals surface area contributed by atoms with E-state index in [1.54, 1.807) is 0 Å². The van der Waals surface area contributed by atoms with E-state index in [0.29, 0.717) is 6.07 Å². The van der Waals surface area contributed by atoms with Crippen molar-refractivity contribution in [3.8, 4) is 0 Å². The van der Waals surface area contributed by atoms with E-state index < -0.39 is 23.2 Å². The molecule has 1 aromatic heterocycles. The lowest BCUT2D eigenvalue weighted by Gasteiger charge is -2.02. The number of nitrogens with zero attached hydrogens (tertiary/aromatic N) is 1. The van der Waals surface area contributed by atoms with Gasteiger partial charge in [0.25, 0.3) is 0 Å². The number of carbonyl (C=O) groups excluding carboxylic acids is 1. The fraction of sp³-hybridized carbons (Fsp3) is 0.0769. The van der Waals surface area contributed by atoms with Crippen LogP contribution in [-0.4, -0.2) is 10.8 Å². The van der Waals surface area contributed by atoms with E-state index in [1.807, 2.05) is 0 Å². The van der Waals surface area contributed by atoms with Crippen molar-refractivity contribution in [3.05, 3.63) is 65.2 Å². The van der Waals surface area contributed by atoms with E-state index in [-0.39, 0.29) is 17.7 Å². The molecule has 0 amide bonds. The second kappa shape index (κ2) is 5.00. The first-order valence-electron chi connectivity index (χ1n) is 5.15. The van der Waals surface area contributed by atoms with Gasteiger partial charge in [-0.05, 0) is 29.8 Å². The number of carbonyl (C=O) groups is 1. The molecule has 1 aromatic carbocycles. The summed E-state index contributed by atoms with van der Waals surface area (Å²) in [6.07, 6.45) is 0.977. The number of hydrogen-bond donors (Lipinski definition) is 0. The van der Waals surface area contributed by atoms with Gasteiger partial charge in [0.1, 0.15) is 17.3 Å². The molecule has 18 heavy (non-hydrogen) atoms. The Balaban J connectivity index is 2.24. The lowest BCUT2D eigenvalue weighted by atomic mass is 10.1. The number of ketones is 1. The van der Waals surface area contributed by atoms with Gasteiger partial charge in [-0.25, -0.2) is 13.2 Å². The highest BCUT2D eigenvalue weighted by molar-refractivity contribution is 5.95. The molecule has 2 nitrogen and oxygen atoms in total. The van der Waals surface area contributed by atoms with Gasteiger partial charge in [0, 0.05) is 18.7 Å². The topological polar surface area (TPSA) is 30.0 Å². The molecule has 0 saturated carbocycles. The lowest BCUT2D eigenvalue weighted by Crippen LogP contribution is -2.08. The molecule has 0 radical (unpaired) electrons. The van der Waals surface area contributed by atoms with Crippen LogP contribution < -0.4 is 0 Å². The third-order valence-corrected chi connectivity index (χ3v) is 2.31. The second-order valence-electron chi connectivity index (χ2n) is 3.71. The van der Waals surface area contributed by atoms with Crippen LogP contribution in [0.3, 0.4) is 0 Å². The van der Waals surface area contributed by atoms with E-state index in [0.717, 1.165) is 18.2 Å². The molecule has 1 heterocycles. The molecule has 5 heteroatoms. The summed E-state index contributed by atoms with van der Waals surface area (Å²) in [4.78, 5) is 15.3. The summed E-state index contributed by atoms with van der Waals surface area (Å²) in [5.41, 5.74) is -0.190. The minimum atomic E-state index is -0.778. The summed E-state index contributed by atoms with van der Waals surface area (Å²) in [6, 6.07) is 5.22. The van der Waals surface area contributed by atoms with Crippen LogP contribution in [0.15, 0.2) is 36.5 Å². The van der Waals surface area contributed by atoms with Crippen molar-refractivity contribution < 1.29 is 18.0 Å². The number of hydrogen-bond acceptors (Lipinski definition) is 2. The van der Waals surface area contributed by atoms with Crippen LogP contribution in [-0.2, 0) is 6.42 Å². The van der Waals surface area contributed by atoms with Gasteiger partial charge in [0.2, 0.25) is 0 Å². The van der Waals surface area contributed by atoms with Crippen molar-refractivity contribution in [2.75, 3.05) is 0 Å². The summed E-state index contributed by atoms with van der Waals surface area (Å²) in [5, 5.41) is 0. The van der Waals surface area contributed by atoms with Crippen LogP contribution in [0.1, 0.15) is 16.1 Å². The fourth-order valence-electron chi connectivity index (χ4n) is 1.57. The predicted octanol–water partition coefficient (Wildman–Crippen LogP) is 2.92. The zero-order valence-corrected chi connectivity index (χ0v) is 9.16. The molecule has 0 saturated heterocycles. The highest BCUT2D eigenvalue weighted by Gasteiger charge is 2.14. The number of Topliss-reactive ketones (excluding diaryl/α,β-unsaturated/α-hetero) is 1. The SMILES string of the molecule is O=C(Cc1cc(F)cc(F)c1)c1ncccc1F. The average Bonchev–Trinajstić information content (AvgIpc) is 2.27. The Labute approximate surface area is 101 Å². The Morgan fingerprint density at radius 1 is 1.11 bits per heavy atom. The van der Waals surface area contributed by atoms with E-state index in [2.05, 4.69) is 4.98 Å². The molecule has 0 unspecified atom stereocenters. The minimum Gasteiger partial charge on any atom is -0.292 e. The molecule has 2 aromatic rings. The van der Waals surface area contributed by atoms with Crippen molar-refractivity contribution in [2.45, 2.75) is 6.42 Å². The number of halogens is 3. The highest BCUT2D eigenvalue weighted by Crippen LogP contribution is 2.12. The van der Waals surface area contributed by atoms with E-state index in [4.69, 9.17) is 0 Å². The smallest absolute Gasteiger partial charge is 0.188 e. The van der Waals surface area contributed by atoms with Crippen LogP contribution in [0.25, 0.3) is 0 Å². The molecule has 0 aliphatic heterocycles. The molecule has 0 N–H and O–H groups in total. The molecule has 0 bridgehead atoms. The van der Waals surface area contributed by atoms with E-state index in [9.17, 15) is 18.0 Å². The van der Waals surface area contributed by atoms with Gasteiger partial charge < -0.3 is 0 Å². The van der Waals surface area contributed by atoms with Crippen LogP contribution in [0, 0.1) is 17.5 Å². The number of benzene rings is 1. The fourth-order valence-corrected chi connectivity index (χ4v) is 1.57. The monoisotopic (exact) mass is 251 g/mol. The summed E-state index contributed by atoms with van der Waals surface area (Å²) in [7, 11) is 0. The third-order valence-electron chi connectivity index (χ3n) is 2.31. The highest BCUT2D eigenvalue weighted by atomic mass is 19.1. The summed E-state index contributed by atoms with van der Waals surface area (Å²) < 4.78 is 39.1. The summed E-state index contributed by atoms with van der Waals surface area (Å²) >= 11 is 0. The molecule has 2 rings (SSSR count). The van der Waals surface area contributed by atoms with Gasteiger partial charge in [0.05, 0.1) is 0 Å². The Kier molecular flexibility index (Phi) is 3.41. The van der Waals surface area contributed by atoms with E-state index in [1.165, 1.54) is 12.3 Å². The van der Waals surface area contributed by atoms with Crippen LogP contribution >= 0.6 is 0 Å². The number of rotatable bonds is 3. The quantitative estimate of drug-likeness (QED) is 0.785. The van der Waals surface area contributed by atoms with Crippen molar-refractivity contribution in [1.29, 1.82) is 0 Å². The maximum atomic E-state index is 13.3. The van der Waals surface area contributed by atoms with Crippen molar-refractivity contribution >= 4 is 5.78 Å². The van der Waals surface area contributed by atoms with Crippen molar-refractivity contribution in [2.24, 2.45) is 0 Å². The second-order valence-corrected chi connectivity index (χ2v) is 3.71. The van der Waals surface area contributed by atoms with Gasteiger partial charge >= 0.3 is 0 Å². The third kappa shape index (κ3) is 2.74. The summed E-state index contributed by atoms with van der Waals surface area (Å²) in [5.74, 6) is -2.93. The predicted molar refractivity (Wildman–Crippen MR) is 58.6 cm³/mol. The molecule has 0 atom stereocenters. The Hall–Kier alpha value is -2.17. The normalized spacial score (nSPS) is 10.4. The zero-order valence-electron chi connectivity index (χ0n) is 9.16. The lowest BCUT2D eigenvalue weighted by molar-refractivity contribution is 0.0984. The summed E-state index contributed by atoms with van der Waals surface area (Å²) in [6.45, 7) is 0. The molecule has 0 spiro atoms. The number of pyridine rings is 1. The Morgan fingerprint density at radius 3 is 2.39 bits per heavy atom. The largest absolute Gasteiger partial charge is 0.292 e. The standard InChI is InChI=1S/C13H8F3NO/c14-9-4-8(5-10(15)7-9)6-12(18)13-11(16)2-1-3-17-13/h1-5,7H,6H2. The Bertz CT molecular complexity index is 578. The molecular weight excluding hydrogens is 243 g/mol. The van der Waals surface area contributed by atoms with Gasteiger partial charge in [0.15, 0.2) is 11.6 Å². The number of aromatic nitrogens is 1. The molecule has 92 valence electrons. The van der Waals surface area contributed by atoms with Crippen molar-refractivity contribution in [3.63, 3.8) is 0 Å². The van der Waals surface area contributed by atoms with Gasteiger partial charge in [-0.15, -0.1) is 0 Å². The minimum absolute atomic E-state index is 0.141. The first-order chi connectivity index (χ1) is 8.56.